The quantitative estimate of drug-likeness (QED) is 0.664. The lowest BCUT2D eigenvalue weighted by Gasteiger charge is -2.31. The number of aliphatic hydroxyl groups excluding tert-OH is 1. The third-order valence-corrected chi connectivity index (χ3v) is 6.70. The summed E-state index contributed by atoms with van der Waals surface area (Å²) in [5.74, 6) is 0.0355. The Bertz CT molecular complexity index is 854. The van der Waals surface area contributed by atoms with E-state index in [0.29, 0.717) is 12.5 Å². The van der Waals surface area contributed by atoms with Crippen molar-refractivity contribution in [3.63, 3.8) is 0 Å². The van der Waals surface area contributed by atoms with Crippen LogP contribution in [-0.4, -0.2) is 41.2 Å². The Kier molecular flexibility index (Phi) is 6.49. The summed E-state index contributed by atoms with van der Waals surface area (Å²) in [7, 11) is 0. The smallest absolute Gasteiger partial charge is 0.323 e. The number of halogens is 1. The predicted molar refractivity (Wildman–Crippen MR) is 113 cm³/mol. The molecule has 2 aromatic carbocycles. The van der Waals surface area contributed by atoms with E-state index in [1.54, 1.807) is 12.1 Å². The van der Waals surface area contributed by atoms with E-state index >= 15 is 0 Å². The molecule has 1 unspecified atom stereocenters. The first-order chi connectivity index (χ1) is 14.6. The van der Waals surface area contributed by atoms with E-state index in [-0.39, 0.29) is 48.9 Å². The third kappa shape index (κ3) is 4.73. The van der Waals surface area contributed by atoms with E-state index in [2.05, 4.69) is 11.8 Å². The van der Waals surface area contributed by atoms with Crippen LogP contribution in [0.2, 0.25) is 0 Å². The van der Waals surface area contributed by atoms with E-state index in [9.17, 15) is 14.3 Å². The van der Waals surface area contributed by atoms with Gasteiger partial charge in [-0.1, -0.05) is 55.3 Å². The highest BCUT2D eigenvalue weighted by atomic mass is 19.1. The van der Waals surface area contributed by atoms with Crippen molar-refractivity contribution in [3.8, 4) is 0 Å². The Morgan fingerprint density at radius 1 is 1.20 bits per heavy atom. The molecule has 0 amide bonds. The van der Waals surface area contributed by atoms with Crippen molar-refractivity contribution >= 4 is 5.97 Å². The van der Waals surface area contributed by atoms with E-state index in [4.69, 9.17) is 4.74 Å². The molecule has 1 saturated heterocycles. The molecule has 1 aliphatic carbocycles. The molecule has 160 valence electrons. The van der Waals surface area contributed by atoms with E-state index < -0.39 is 0 Å². The van der Waals surface area contributed by atoms with Gasteiger partial charge in [-0.15, -0.1) is 0 Å². The molecule has 0 bridgehead atoms. The van der Waals surface area contributed by atoms with Gasteiger partial charge in [-0.2, -0.15) is 0 Å². The van der Waals surface area contributed by atoms with Crippen LogP contribution in [0.25, 0.3) is 0 Å². The van der Waals surface area contributed by atoms with Crippen LogP contribution in [0.4, 0.5) is 4.39 Å². The molecule has 0 radical (unpaired) electrons. The second-order valence-electron chi connectivity index (χ2n) is 8.73. The van der Waals surface area contributed by atoms with Gasteiger partial charge in [0, 0.05) is 31.0 Å². The zero-order chi connectivity index (χ0) is 21.1. The SMILES string of the molecule is CC1[C@H](CO)[C@@H](c2cccc(F)c2)CN1[C@H](CC1CC1)C(=O)OCc1ccccc1. The molecule has 2 aromatic rings. The predicted octanol–water partition coefficient (Wildman–Crippen LogP) is 4.13. The zero-order valence-corrected chi connectivity index (χ0v) is 17.4. The Labute approximate surface area is 177 Å². The van der Waals surface area contributed by atoms with Crippen LogP contribution >= 0.6 is 0 Å². The van der Waals surface area contributed by atoms with Gasteiger partial charge >= 0.3 is 5.97 Å². The average molecular weight is 412 g/mol. The van der Waals surface area contributed by atoms with Crippen molar-refractivity contribution in [1.82, 2.24) is 4.90 Å². The molecule has 2 fully saturated rings. The number of aliphatic hydroxyl groups is 1. The summed E-state index contributed by atoms with van der Waals surface area (Å²) in [5, 5.41) is 10.1. The summed E-state index contributed by atoms with van der Waals surface area (Å²) < 4.78 is 19.5. The van der Waals surface area contributed by atoms with Gasteiger partial charge < -0.3 is 9.84 Å². The average Bonchev–Trinajstić information content (AvgIpc) is 3.52. The van der Waals surface area contributed by atoms with Gasteiger partial charge in [-0.25, -0.2) is 4.39 Å². The fourth-order valence-electron chi connectivity index (χ4n) is 4.75. The number of carbonyl (C=O) groups is 1. The molecule has 30 heavy (non-hydrogen) atoms. The third-order valence-electron chi connectivity index (χ3n) is 6.70. The van der Waals surface area contributed by atoms with E-state index in [1.807, 2.05) is 36.4 Å². The van der Waals surface area contributed by atoms with Crippen LogP contribution in [0.3, 0.4) is 0 Å². The van der Waals surface area contributed by atoms with Gasteiger partial charge in [-0.05, 0) is 42.5 Å². The number of nitrogens with zero attached hydrogens (tertiary/aromatic N) is 1. The fourth-order valence-corrected chi connectivity index (χ4v) is 4.75. The van der Waals surface area contributed by atoms with Gasteiger partial charge in [0.2, 0.25) is 0 Å². The molecule has 4 rings (SSSR count). The lowest BCUT2D eigenvalue weighted by atomic mass is 9.86. The van der Waals surface area contributed by atoms with Crippen LogP contribution < -0.4 is 0 Å². The highest BCUT2D eigenvalue weighted by molar-refractivity contribution is 5.76. The summed E-state index contributed by atoms with van der Waals surface area (Å²) in [4.78, 5) is 15.3. The Morgan fingerprint density at radius 2 is 1.97 bits per heavy atom. The van der Waals surface area contributed by atoms with Gasteiger partial charge in [0.1, 0.15) is 18.5 Å². The molecule has 1 N–H and O–H groups in total. The zero-order valence-electron chi connectivity index (χ0n) is 17.4. The van der Waals surface area contributed by atoms with E-state index in [1.165, 1.54) is 6.07 Å². The largest absolute Gasteiger partial charge is 0.460 e. The highest BCUT2D eigenvalue weighted by Gasteiger charge is 2.46. The topological polar surface area (TPSA) is 49.8 Å². The standard InChI is InChI=1S/C25H30FNO3/c1-17-23(15-28)22(20-8-5-9-21(26)13-20)14-27(17)24(12-18-10-11-18)25(29)30-16-19-6-3-2-4-7-19/h2-9,13,17-18,22-24,28H,10-12,14-16H2,1H3/t17?,22-,23+,24-/m1/s1. The maximum absolute atomic E-state index is 13.8. The Morgan fingerprint density at radius 3 is 2.63 bits per heavy atom. The Balaban J connectivity index is 1.51. The normalized spacial score (nSPS) is 25.2. The summed E-state index contributed by atoms with van der Waals surface area (Å²) in [6.07, 6.45) is 3.09. The molecule has 0 spiro atoms. The van der Waals surface area contributed by atoms with Crippen molar-refractivity contribution in [2.45, 2.75) is 50.8 Å². The molecule has 1 heterocycles. The monoisotopic (exact) mass is 411 g/mol. The summed E-state index contributed by atoms with van der Waals surface area (Å²) >= 11 is 0. The van der Waals surface area contributed by atoms with Gasteiger partial charge in [-0.3, -0.25) is 9.69 Å². The maximum Gasteiger partial charge on any atom is 0.323 e. The second kappa shape index (κ2) is 9.27. The number of esters is 1. The summed E-state index contributed by atoms with van der Waals surface area (Å²) in [6, 6.07) is 16.0. The second-order valence-corrected chi connectivity index (χ2v) is 8.73. The van der Waals surface area contributed by atoms with Crippen molar-refractivity contribution in [2.24, 2.45) is 11.8 Å². The molecule has 0 aromatic heterocycles. The van der Waals surface area contributed by atoms with E-state index in [0.717, 1.165) is 30.4 Å². The van der Waals surface area contributed by atoms with Crippen LogP contribution in [0, 0.1) is 17.7 Å². The molecular formula is C25H30FNO3. The molecule has 1 aliphatic heterocycles. The van der Waals surface area contributed by atoms with Crippen LogP contribution in [0.1, 0.15) is 43.2 Å². The molecule has 4 atom stereocenters. The van der Waals surface area contributed by atoms with Crippen LogP contribution in [-0.2, 0) is 16.1 Å². The molecule has 5 heteroatoms. The first-order valence-corrected chi connectivity index (χ1v) is 10.9. The molecule has 2 aliphatic rings. The lowest BCUT2D eigenvalue weighted by Crippen LogP contribution is -2.45. The number of rotatable bonds is 8. The number of hydrogen-bond donors (Lipinski definition) is 1. The number of likely N-dealkylation sites (tertiary alicyclic amines) is 1. The fraction of sp³-hybridized carbons (Fsp3) is 0.480. The van der Waals surface area contributed by atoms with Gasteiger partial charge in [0.15, 0.2) is 0 Å². The number of carbonyl (C=O) groups excluding carboxylic acids is 1. The number of hydrogen-bond acceptors (Lipinski definition) is 4. The molecular weight excluding hydrogens is 381 g/mol. The minimum atomic E-state index is -0.330. The van der Waals surface area contributed by atoms with Crippen LogP contribution in [0.15, 0.2) is 54.6 Å². The summed E-state index contributed by atoms with van der Waals surface area (Å²) in [5.41, 5.74) is 1.85. The minimum absolute atomic E-state index is 0.00799. The maximum atomic E-state index is 13.8. The first kappa shape index (κ1) is 21.0. The van der Waals surface area contributed by atoms with Crippen molar-refractivity contribution in [3.05, 3.63) is 71.5 Å². The molecule has 4 nitrogen and oxygen atoms in total. The highest BCUT2D eigenvalue weighted by Crippen LogP contribution is 2.42. The van der Waals surface area contributed by atoms with Gasteiger partial charge in [0.05, 0.1) is 0 Å². The lowest BCUT2D eigenvalue weighted by molar-refractivity contribution is -0.152. The number of ether oxygens (including phenoxy) is 1. The Hall–Kier alpha value is -2.24. The molecule has 1 saturated carbocycles. The van der Waals surface area contributed by atoms with Crippen molar-refractivity contribution in [1.29, 1.82) is 0 Å². The van der Waals surface area contributed by atoms with Crippen molar-refractivity contribution < 1.29 is 19.0 Å². The van der Waals surface area contributed by atoms with Crippen LogP contribution in [0.5, 0.6) is 0 Å². The minimum Gasteiger partial charge on any atom is -0.460 e. The van der Waals surface area contributed by atoms with Gasteiger partial charge in [0.25, 0.3) is 0 Å². The first-order valence-electron chi connectivity index (χ1n) is 10.9. The summed E-state index contributed by atoms with van der Waals surface area (Å²) in [6.45, 7) is 2.95. The number of benzene rings is 2. The van der Waals surface area contributed by atoms with Crippen molar-refractivity contribution in [2.75, 3.05) is 13.2 Å².